The van der Waals surface area contributed by atoms with E-state index in [0.717, 1.165) is 17.9 Å². The van der Waals surface area contributed by atoms with Gasteiger partial charge in [-0.05, 0) is 12.1 Å². The third-order valence-electron chi connectivity index (χ3n) is 2.40. The molecule has 0 aromatic carbocycles. The van der Waals surface area contributed by atoms with Crippen molar-refractivity contribution < 1.29 is 0 Å². The fraction of sp³-hybridized carbons (Fsp3) is 0.200. The molecule has 0 amide bonds. The van der Waals surface area contributed by atoms with E-state index in [0.29, 0.717) is 17.5 Å². The highest BCUT2D eigenvalue weighted by atomic mass is 35.5. The smallest absolute Gasteiger partial charge is 0.243 e. The SMILES string of the molecule is Clc1ccc2nc(NCCc3ncn[nH]3)nn2c1. The van der Waals surface area contributed by atoms with Crippen LogP contribution in [0.2, 0.25) is 5.02 Å². The lowest BCUT2D eigenvalue weighted by atomic mass is 10.4. The van der Waals surface area contributed by atoms with Crippen LogP contribution in [0.4, 0.5) is 5.95 Å². The Kier molecular flexibility index (Phi) is 2.81. The van der Waals surface area contributed by atoms with Gasteiger partial charge in [-0.2, -0.15) is 10.1 Å². The monoisotopic (exact) mass is 263 g/mol. The summed E-state index contributed by atoms with van der Waals surface area (Å²) in [6, 6.07) is 3.60. The summed E-state index contributed by atoms with van der Waals surface area (Å²) in [6.45, 7) is 0.680. The molecular formula is C10H10ClN7. The van der Waals surface area contributed by atoms with Crippen LogP contribution in [0.3, 0.4) is 0 Å². The first kappa shape index (κ1) is 11.0. The first-order valence-corrected chi connectivity index (χ1v) is 5.79. The van der Waals surface area contributed by atoms with Gasteiger partial charge >= 0.3 is 0 Å². The Hall–Kier alpha value is -2.15. The molecule has 0 atom stereocenters. The molecule has 92 valence electrons. The van der Waals surface area contributed by atoms with Crippen LogP contribution in [-0.4, -0.2) is 36.3 Å². The molecule has 3 rings (SSSR count). The topological polar surface area (TPSA) is 83.8 Å². The van der Waals surface area contributed by atoms with E-state index in [1.807, 2.05) is 6.07 Å². The average molecular weight is 264 g/mol. The van der Waals surface area contributed by atoms with Crippen LogP contribution in [0.5, 0.6) is 0 Å². The van der Waals surface area contributed by atoms with E-state index < -0.39 is 0 Å². The predicted octanol–water partition coefficient (Wildman–Crippen LogP) is 1.16. The van der Waals surface area contributed by atoms with Gasteiger partial charge in [0.15, 0.2) is 5.65 Å². The number of nitrogens with one attached hydrogen (secondary N) is 2. The highest BCUT2D eigenvalue weighted by Crippen LogP contribution is 2.11. The lowest BCUT2D eigenvalue weighted by Crippen LogP contribution is -2.07. The second-order valence-corrected chi connectivity index (χ2v) is 4.13. The number of anilines is 1. The molecule has 0 unspecified atom stereocenters. The normalized spacial score (nSPS) is 10.9. The number of aromatic nitrogens is 6. The van der Waals surface area contributed by atoms with Crippen molar-refractivity contribution in [3.05, 3.63) is 35.5 Å². The second kappa shape index (κ2) is 4.61. The van der Waals surface area contributed by atoms with Crippen LogP contribution in [0, 0.1) is 0 Å². The van der Waals surface area contributed by atoms with Crippen LogP contribution in [0.1, 0.15) is 5.82 Å². The van der Waals surface area contributed by atoms with Gasteiger partial charge < -0.3 is 5.32 Å². The summed E-state index contributed by atoms with van der Waals surface area (Å²) in [5, 5.41) is 14.6. The summed E-state index contributed by atoms with van der Waals surface area (Å²) in [7, 11) is 0. The van der Waals surface area contributed by atoms with Crippen molar-refractivity contribution in [1.82, 2.24) is 29.8 Å². The molecule has 0 radical (unpaired) electrons. The van der Waals surface area contributed by atoms with Crippen molar-refractivity contribution in [3.63, 3.8) is 0 Å². The minimum absolute atomic E-state index is 0.566. The molecule has 0 aliphatic rings. The number of hydrogen-bond donors (Lipinski definition) is 2. The van der Waals surface area contributed by atoms with E-state index in [1.54, 1.807) is 16.8 Å². The Morgan fingerprint density at radius 3 is 3.17 bits per heavy atom. The van der Waals surface area contributed by atoms with Gasteiger partial charge in [0.1, 0.15) is 12.2 Å². The summed E-state index contributed by atoms with van der Waals surface area (Å²) in [6.07, 6.45) is 3.93. The van der Waals surface area contributed by atoms with Gasteiger partial charge in [-0.3, -0.25) is 5.10 Å². The van der Waals surface area contributed by atoms with E-state index in [1.165, 1.54) is 6.33 Å². The first-order chi connectivity index (χ1) is 8.81. The van der Waals surface area contributed by atoms with Crippen LogP contribution >= 0.6 is 11.6 Å². The molecule has 0 fully saturated rings. The number of nitrogens with zero attached hydrogens (tertiary/aromatic N) is 5. The number of fused-ring (bicyclic) bond motifs is 1. The summed E-state index contributed by atoms with van der Waals surface area (Å²) in [5.74, 6) is 1.39. The van der Waals surface area contributed by atoms with Crippen LogP contribution in [-0.2, 0) is 6.42 Å². The number of hydrogen-bond acceptors (Lipinski definition) is 5. The maximum absolute atomic E-state index is 5.87. The number of rotatable bonds is 4. The summed E-state index contributed by atoms with van der Waals surface area (Å²) in [4.78, 5) is 8.34. The molecule has 2 N–H and O–H groups in total. The van der Waals surface area contributed by atoms with Gasteiger partial charge in [0.25, 0.3) is 0 Å². The predicted molar refractivity (Wildman–Crippen MR) is 66.6 cm³/mol. The number of H-pyrrole nitrogens is 1. The Bertz CT molecular complexity index is 645. The number of aromatic amines is 1. The Morgan fingerprint density at radius 2 is 2.33 bits per heavy atom. The lowest BCUT2D eigenvalue weighted by molar-refractivity contribution is 0.884. The van der Waals surface area contributed by atoms with Gasteiger partial charge in [-0.15, -0.1) is 5.10 Å². The zero-order valence-corrected chi connectivity index (χ0v) is 10.1. The summed E-state index contributed by atoms with van der Waals surface area (Å²) < 4.78 is 1.64. The molecule has 0 aliphatic heterocycles. The lowest BCUT2D eigenvalue weighted by Gasteiger charge is -1.97. The van der Waals surface area contributed by atoms with Crippen LogP contribution in [0.15, 0.2) is 24.7 Å². The molecule has 3 aromatic rings. The molecule has 18 heavy (non-hydrogen) atoms. The van der Waals surface area contributed by atoms with Crippen molar-refractivity contribution in [2.75, 3.05) is 11.9 Å². The van der Waals surface area contributed by atoms with Gasteiger partial charge in [0.2, 0.25) is 5.95 Å². The molecule has 0 saturated heterocycles. The Morgan fingerprint density at radius 1 is 1.39 bits per heavy atom. The van der Waals surface area contributed by atoms with E-state index in [-0.39, 0.29) is 0 Å². The number of pyridine rings is 1. The zero-order chi connectivity index (χ0) is 12.4. The van der Waals surface area contributed by atoms with Crippen molar-refractivity contribution in [1.29, 1.82) is 0 Å². The molecule has 0 spiro atoms. The summed E-state index contributed by atoms with van der Waals surface area (Å²) >= 11 is 5.87. The van der Waals surface area contributed by atoms with E-state index in [2.05, 4.69) is 30.6 Å². The second-order valence-electron chi connectivity index (χ2n) is 3.69. The largest absolute Gasteiger partial charge is 0.352 e. The molecule has 3 aromatic heterocycles. The molecule has 7 nitrogen and oxygen atoms in total. The Balaban J connectivity index is 1.67. The molecule has 0 aliphatic carbocycles. The third-order valence-corrected chi connectivity index (χ3v) is 2.63. The highest BCUT2D eigenvalue weighted by Gasteiger charge is 2.03. The van der Waals surface area contributed by atoms with Crippen molar-refractivity contribution >= 4 is 23.2 Å². The minimum Gasteiger partial charge on any atom is -0.352 e. The van der Waals surface area contributed by atoms with Crippen LogP contribution < -0.4 is 5.32 Å². The van der Waals surface area contributed by atoms with E-state index in [9.17, 15) is 0 Å². The van der Waals surface area contributed by atoms with Gasteiger partial charge in [-0.25, -0.2) is 9.50 Å². The zero-order valence-electron chi connectivity index (χ0n) is 9.34. The molecule has 0 saturated carbocycles. The van der Waals surface area contributed by atoms with Crippen molar-refractivity contribution in [2.24, 2.45) is 0 Å². The van der Waals surface area contributed by atoms with Crippen LogP contribution in [0.25, 0.3) is 5.65 Å². The highest BCUT2D eigenvalue weighted by molar-refractivity contribution is 6.30. The van der Waals surface area contributed by atoms with E-state index in [4.69, 9.17) is 11.6 Å². The number of halogens is 1. The third kappa shape index (κ3) is 2.25. The quantitative estimate of drug-likeness (QED) is 0.738. The molecule has 0 bridgehead atoms. The van der Waals surface area contributed by atoms with Gasteiger partial charge in [0.05, 0.1) is 5.02 Å². The molecular weight excluding hydrogens is 254 g/mol. The fourth-order valence-corrected chi connectivity index (χ4v) is 1.73. The van der Waals surface area contributed by atoms with E-state index >= 15 is 0 Å². The molecule has 3 heterocycles. The summed E-state index contributed by atoms with van der Waals surface area (Å²) in [5.41, 5.74) is 0.751. The van der Waals surface area contributed by atoms with Crippen molar-refractivity contribution in [2.45, 2.75) is 6.42 Å². The maximum atomic E-state index is 5.87. The van der Waals surface area contributed by atoms with Gasteiger partial charge in [-0.1, -0.05) is 11.6 Å². The van der Waals surface area contributed by atoms with Gasteiger partial charge in [0, 0.05) is 19.2 Å². The maximum Gasteiger partial charge on any atom is 0.243 e. The minimum atomic E-state index is 0.566. The van der Waals surface area contributed by atoms with Crippen molar-refractivity contribution in [3.8, 4) is 0 Å². The average Bonchev–Trinajstić information content (AvgIpc) is 2.97. The first-order valence-electron chi connectivity index (χ1n) is 5.41. The fourth-order valence-electron chi connectivity index (χ4n) is 1.58. The standard InChI is InChI=1S/C10H10ClN7/c11-7-1-2-9-15-10(17-18(9)5-7)12-4-3-8-13-6-14-16-8/h1-2,5-6H,3-4H2,(H,12,17)(H,13,14,16). The Labute approximate surface area is 107 Å². The molecule has 8 heteroatoms.